The number of nitrogens with zero attached hydrogens (tertiary/aromatic N) is 3. The summed E-state index contributed by atoms with van der Waals surface area (Å²) >= 11 is 1.47. The average molecular weight is 350 g/mol. The molecule has 25 heavy (non-hydrogen) atoms. The molecule has 0 aliphatic carbocycles. The van der Waals surface area contributed by atoms with Crippen molar-refractivity contribution in [1.29, 1.82) is 0 Å². The maximum Gasteiger partial charge on any atom is 0.188 e. The van der Waals surface area contributed by atoms with E-state index in [2.05, 4.69) is 15.3 Å². The number of hydrogen-bond acceptors (Lipinski definition) is 6. The van der Waals surface area contributed by atoms with Crippen molar-refractivity contribution in [2.75, 3.05) is 11.9 Å². The summed E-state index contributed by atoms with van der Waals surface area (Å²) in [5.41, 5.74) is 3.83. The highest BCUT2D eigenvalue weighted by Crippen LogP contribution is 2.28. The minimum Gasteiger partial charge on any atom is -0.388 e. The number of carbonyl (C=O) groups is 1. The van der Waals surface area contributed by atoms with Crippen molar-refractivity contribution < 1.29 is 9.90 Å². The molecule has 7 heteroatoms. The van der Waals surface area contributed by atoms with Crippen LogP contribution in [0.3, 0.4) is 0 Å². The first-order valence-electron chi connectivity index (χ1n) is 7.64. The smallest absolute Gasteiger partial charge is 0.188 e. The molecule has 0 radical (unpaired) electrons. The van der Waals surface area contributed by atoms with Gasteiger partial charge in [-0.15, -0.1) is 11.3 Å². The molecule has 2 N–H and O–H groups in total. The third-order valence-corrected chi connectivity index (χ3v) is 4.52. The van der Waals surface area contributed by atoms with Gasteiger partial charge in [0.25, 0.3) is 0 Å². The Balaban J connectivity index is 1.61. The topological polar surface area (TPSA) is 79.5 Å². The van der Waals surface area contributed by atoms with Gasteiger partial charge in [0.15, 0.2) is 10.9 Å². The van der Waals surface area contributed by atoms with E-state index in [0.717, 1.165) is 27.9 Å². The number of ketones is 1. The van der Waals surface area contributed by atoms with Gasteiger partial charge < -0.3 is 10.4 Å². The second-order valence-corrected chi connectivity index (χ2v) is 6.26. The largest absolute Gasteiger partial charge is 0.388 e. The molecule has 3 aromatic heterocycles. The first kappa shape index (κ1) is 15.5. The molecule has 0 atom stereocenters. The number of aliphatic hydroxyl groups is 1. The molecule has 4 aromatic rings. The zero-order valence-corrected chi connectivity index (χ0v) is 13.9. The summed E-state index contributed by atoms with van der Waals surface area (Å²) in [5.74, 6) is -0.311. The summed E-state index contributed by atoms with van der Waals surface area (Å²) in [5, 5.41) is 14.9. The molecule has 0 unspecified atom stereocenters. The predicted molar refractivity (Wildman–Crippen MR) is 97.4 cm³/mol. The van der Waals surface area contributed by atoms with Crippen LogP contribution in [0.2, 0.25) is 0 Å². The number of carbonyl (C=O) groups excluding carboxylic acids is 1. The van der Waals surface area contributed by atoms with E-state index in [0.29, 0.717) is 5.56 Å². The van der Waals surface area contributed by atoms with E-state index >= 15 is 0 Å². The minimum absolute atomic E-state index is 0.311. The lowest BCUT2D eigenvalue weighted by Crippen LogP contribution is -2.04. The van der Waals surface area contributed by atoms with Gasteiger partial charge in [0.2, 0.25) is 0 Å². The Hall–Kier alpha value is -3.03. The number of fused-ring (bicyclic) bond motifs is 1. The molecule has 124 valence electrons. The molecule has 0 aliphatic heterocycles. The van der Waals surface area contributed by atoms with Crippen molar-refractivity contribution >= 4 is 33.6 Å². The summed E-state index contributed by atoms with van der Waals surface area (Å²) in [6.45, 7) is -0.501. The molecule has 3 heterocycles. The highest BCUT2D eigenvalue weighted by atomic mass is 32.1. The third kappa shape index (κ3) is 3.02. The Kier molecular flexibility index (Phi) is 4.01. The zero-order valence-electron chi connectivity index (χ0n) is 13.1. The van der Waals surface area contributed by atoms with Crippen LogP contribution in [-0.4, -0.2) is 31.9 Å². The lowest BCUT2D eigenvalue weighted by molar-refractivity contribution is 0.0904. The first-order chi connectivity index (χ1) is 12.2. The van der Waals surface area contributed by atoms with Crippen LogP contribution in [0.25, 0.3) is 17.0 Å². The fourth-order valence-corrected chi connectivity index (χ4v) is 3.28. The van der Waals surface area contributed by atoms with Crippen molar-refractivity contribution in [2.24, 2.45) is 0 Å². The van der Waals surface area contributed by atoms with Crippen molar-refractivity contribution in [3.63, 3.8) is 0 Å². The number of nitrogens with one attached hydrogen (secondary N) is 1. The normalized spacial score (nSPS) is 10.9. The maximum atomic E-state index is 11.6. The van der Waals surface area contributed by atoms with Crippen LogP contribution in [0.15, 0.2) is 60.2 Å². The molecule has 0 fully saturated rings. The Labute approximate surface area is 147 Å². The monoisotopic (exact) mass is 350 g/mol. The lowest BCUT2D eigenvalue weighted by atomic mass is 10.1. The second kappa shape index (κ2) is 6.46. The van der Waals surface area contributed by atoms with Crippen LogP contribution >= 0.6 is 11.3 Å². The number of aliphatic hydroxyl groups excluding tert-OH is 1. The van der Waals surface area contributed by atoms with Gasteiger partial charge in [-0.25, -0.2) is 9.97 Å². The van der Waals surface area contributed by atoms with Gasteiger partial charge in [-0.2, -0.15) is 0 Å². The number of thiazole rings is 1. The van der Waals surface area contributed by atoms with E-state index < -0.39 is 6.61 Å². The number of hydrogen-bond donors (Lipinski definition) is 2. The molecule has 0 bridgehead atoms. The number of Topliss-reactive ketones (excluding diaryl/α,β-unsaturated/α-hetero) is 1. The molecule has 0 aliphatic rings. The maximum absolute atomic E-state index is 11.6. The molecule has 1 aromatic carbocycles. The lowest BCUT2D eigenvalue weighted by Gasteiger charge is -2.04. The van der Waals surface area contributed by atoms with Crippen molar-refractivity contribution in [2.45, 2.75) is 0 Å². The van der Waals surface area contributed by atoms with Crippen molar-refractivity contribution in [3.05, 3.63) is 65.8 Å². The quantitative estimate of drug-likeness (QED) is 0.540. The van der Waals surface area contributed by atoms with Gasteiger partial charge in [-0.3, -0.25) is 9.20 Å². The van der Waals surface area contributed by atoms with Crippen LogP contribution in [0.1, 0.15) is 10.4 Å². The first-order valence-corrected chi connectivity index (χ1v) is 8.52. The van der Waals surface area contributed by atoms with E-state index in [1.165, 1.54) is 11.3 Å². The van der Waals surface area contributed by atoms with Crippen LogP contribution < -0.4 is 5.32 Å². The molecule has 0 spiro atoms. The number of pyridine rings is 1. The fraction of sp³-hybridized carbons (Fsp3) is 0.0556. The van der Waals surface area contributed by atoms with Crippen LogP contribution in [0.5, 0.6) is 0 Å². The number of rotatable bonds is 5. The van der Waals surface area contributed by atoms with Crippen LogP contribution in [-0.2, 0) is 0 Å². The number of imidazole rings is 1. The Morgan fingerprint density at radius 2 is 2.16 bits per heavy atom. The summed E-state index contributed by atoms with van der Waals surface area (Å²) in [6, 6.07) is 12.8. The van der Waals surface area contributed by atoms with E-state index in [1.54, 1.807) is 24.4 Å². The van der Waals surface area contributed by atoms with E-state index in [4.69, 9.17) is 5.11 Å². The number of aromatic nitrogens is 3. The summed E-state index contributed by atoms with van der Waals surface area (Å²) in [6.07, 6.45) is 3.75. The van der Waals surface area contributed by atoms with Crippen molar-refractivity contribution in [1.82, 2.24) is 14.4 Å². The highest BCUT2D eigenvalue weighted by Gasteiger charge is 2.10. The Bertz CT molecular complexity index is 1050. The molecule has 6 nitrogen and oxygen atoms in total. The molecule has 0 saturated carbocycles. The summed E-state index contributed by atoms with van der Waals surface area (Å²) < 4.78 is 1.99. The standard InChI is InChI=1S/C18H14N4O2S/c23-10-16(24)12-4-3-5-13(8-12)20-18-21-14(11-25-18)15-9-19-17-6-1-2-7-22(15)17/h1-9,11,23H,10H2,(H,20,21). The highest BCUT2D eigenvalue weighted by molar-refractivity contribution is 7.14. The molecule has 0 amide bonds. The summed E-state index contributed by atoms with van der Waals surface area (Å²) in [4.78, 5) is 20.6. The zero-order chi connectivity index (χ0) is 17.2. The molecular formula is C18H14N4O2S. The van der Waals surface area contributed by atoms with E-state index in [-0.39, 0.29) is 5.78 Å². The van der Waals surface area contributed by atoms with Gasteiger partial charge in [0, 0.05) is 22.8 Å². The van der Waals surface area contributed by atoms with Gasteiger partial charge in [0.1, 0.15) is 17.9 Å². The van der Waals surface area contributed by atoms with Crippen LogP contribution in [0.4, 0.5) is 10.8 Å². The number of benzene rings is 1. The Morgan fingerprint density at radius 1 is 1.24 bits per heavy atom. The van der Waals surface area contributed by atoms with Gasteiger partial charge in [-0.1, -0.05) is 18.2 Å². The van der Waals surface area contributed by atoms with Crippen molar-refractivity contribution in [3.8, 4) is 11.4 Å². The van der Waals surface area contributed by atoms with Gasteiger partial charge in [-0.05, 0) is 24.3 Å². The molecular weight excluding hydrogens is 336 g/mol. The van der Waals surface area contributed by atoms with E-state index in [1.807, 2.05) is 40.2 Å². The summed E-state index contributed by atoms with van der Waals surface area (Å²) in [7, 11) is 0. The SMILES string of the molecule is O=C(CO)c1cccc(Nc2nc(-c3cnc4ccccn34)cs2)c1. The van der Waals surface area contributed by atoms with Gasteiger partial charge in [0.05, 0.1) is 11.9 Å². The minimum atomic E-state index is -0.501. The molecule has 4 rings (SSSR count). The fourth-order valence-electron chi connectivity index (χ4n) is 2.56. The second-order valence-electron chi connectivity index (χ2n) is 5.40. The predicted octanol–water partition coefficient (Wildman–Crippen LogP) is 3.38. The van der Waals surface area contributed by atoms with Gasteiger partial charge >= 0.3 is 0 Å². The number of anilines is 2. The molecule has 0 saturated heterocycles. The van der Waals surface area contributed by atoms with E-state index in [9.17, 15) is 4.79 Å². The average Bonchev–Trinajstić information content (AvgIpc) is 3.28. The Morgan fingerprint density at radius 3 is 3.04 bits per heavy atom. The third-order valence-electron chi connectivity index (χ3n) is 3.76. The van der Waals surface area contributed by atoms with Crippen LogP contribution in [0, 0.1) is 0 Å².